The molecule has 1 saturated heterocycles. The summed E-state index contributed by atoms with van der Waals surface area (Å²) in [6, 6.07) is 16.3. The van der Waals surface area contributed by atoms with Crippen LogP contribution in [0.3, 0.4) is 0 Å². The Kier molecular flexibility index (Phi) is 6.72. The minimum absolute atomic E-state index is 0.0474. The van der Waals surface area contributed by atoms with E-state index in [4.69, 9.17) is 13.9 Å². The molecule has 1 unspecified atom stereocenters. The second kappa shape index (κ2) is 9.87. The Balaban J connectivity index is 1.86. The van der Waals surface area contributed by atoms with Crippen LogP contribution >= 0.6 is 0 Å². The molecule has 1 fully saturated rings. The fourth-order valence-corrected chi connectivity index (χ4v) is 3.97. The summed E-state index contributed by atoms with van der Waals surface area (Å²) in [4.78, 5) is 27.8. The van der Waals surface area contributed by atoms with Crippen LogP contribution in [0.4, 0.5) is 5.69 Å². The summed E-state index contributed by atoms with van der Waals surface area (Å²) in [5.74, 6) is 0.290. The summed E-state index contributed by atoms with van der Waals surface area (Å²) >= 11 is 0. The highest BCUT2D eigenvalue weighted by atomic mass is 16.5. The Morgan fingerprint density at radius 2 is 1.74 bits per heavy atom. The number of anilines is 1. The number of hydrogen-bond acceptors (Lipinski definition) is 6. The first-order chi connectivity index (χ1) is 16.4. The highest BCUT2D eigenvalue weighted by Crippen LogP contribution is 2.43. The number of aryl methyl sites for hydroxylation is 1. The van der Waals surface area contributed by atoms with Crippen molar-refractivity contribution in [3.05, 3.63) is 83.3 Å². The molecule has 2 heterocycles. The summed E-state index contributed by atoms with van der Waals surface area (Å²) in [5, 5.41) is 11.3. The van der Waals surface area contributed by atoms with Crippen LogP contribution in [-0.4, -0.2) is 30.0 Å². The molecule has 0 aliphatic carbocycles. The average Bonchev–Trinajstić information content (AvgIpc) is 3.38. The predicted molar refractivity (Wildman–Crippen MR) is 128 cm³/mol. The van der Waals surface area contributed by atoms with Crippen LogP contribution < -0.4 is 14.4 Å². The van der Waals surface area contributed by atoms with Crippen molar-refractivity contribution in [1.29, 1.82) is 0 Å². The molecule has 176 valence electrons. The molecule has 1 atom stereocenters. The van der Waals surface area contributed by atoms with Gasteiger partial charge in [0, 0.05) is 17.3 Å². The van der Waals surface area contributed by atoms with Gasteiger partial charge in [-0.3, -0.25) is 14.5 Å². The molecule has 3 aromatic rings. The fourth-order valence-electron chi connectivity index (χ4n) is 3.97. The van der Waals surface area contributed by atoms with Crippen LogP contribution in [0.15, 0.2) is 70.7 Å². The Morgan fingerprint density at radius 1 is 1.00 bits per heavy atom. The highest BCUT2D eigenvalue weighted by molar-refractivity contribution is 6.51. The van der Waals surface area contributed by atoms with Gasteiger partial charge in [0.2, 0.25) is 0 Å². The van der Waals surface area contributed by atoms with Gasteiger partial charge in [0.25, 0.3) is 11.7 Å². The molecule has 7 heteroatoms. The summed E-state index contributed by atoms with van der Waals surface area (Å²) in [6.07, 6.45) is 0.833. The molecular weight excluding hydrogens is 434 g/mol. The van der Waals surface area contributed by atoms with Gasteiger partial charge in [-0.25, -0.2) is 0 Å². The van der Waals surface area contributed by atoms with Crippen molar-refractivity contribution < 1.29 is 28.6 Å². The van der Waals surface area contributed by atoms with E-state index in [0.717, 1.165) is 6.42 Å². The summed E-state index contributed by atoms with van der Waals surface area (Å²) < 4.78 is 17.1. The molecule has 1 aliphatic heterocycles. The second-order valence-corrected chi connectivity index (χ2v) is 7.92. The number of Topliss-reactive ketones (excluding diaryl/α,β-unsaturated/α-hetero) is 1. The van der Waals surface area contributed by atoms with Crippen molar-refractivity contribution in [2.45, 2.75) is 33.2 Å². The number of furan rings is 1. The molecule has 1 N–H and O–H groups in total. The van der Waals surface area contributed by atoms with Crippen LogP contribution in [0.5, 0.6) is 11.5 Å². The van der Waals surface area contributed by atoms with E-state index in [2.05, 4.69) is 0 Å². The van der Waals surface area contributed by atoms with E-state index in [9.17, 15) is 14.7 Å². The van der Waals surface area contributed by atoms with Gasteiger partial charge in [-0.1, -0.05) is 25.1 Å². The number of hydrogen-bond donors (Lipinski definition) is 1. The maximum Gasteiger partial charge on any atom is 0.300 e. The minimum atomic E-state index is -0.939. The normalized spacial score (nSPS) is 17.3. The molecule has 7 nitrogen and oxygen atoms in total. The first kappa shape index (κ1) is 23.2. The summed E-state index contributed by atoms with van der Waals surface area (Å²) in [5.41, 5.74) is 0.794. The van der Waals surface area contributed by atoms with E-state index in [1.807, 2.05) is 13.8 Å². The van der Waals surface area contributed by atoms with Crippen molar-refractivity contribution >= 4 is 23.1 Å². The zero-order valence-corrected chi connectivity index (χ0v) is 19.4. The Hall–Kier alpha value is -4.00. The Morgan fingerprint density at radius 3 is 2.41 bits per heavy atom. The van der Waals surface area contributed by atoms with E-state index in [-0.39, 0.29) is 11.3 Å². The van der Waals surface area contributed by atoms with Gasteiger partial charge >= 0.3 is 0 Å². The largest absolute Gasteiger partial charge is 0.507 e. The third-order valence-corrected chi connectivity index (χ3v) is 5.46. The van der Waals surface area contributed by atoms with Crippen LogP contribution in [0.1, 0.15) is 43.4 Å². The SMILES string of the molecule is CCCOc1cccc(/C(O)=C2/C(=O)C(=O)N(c3cccc(OCC)c3)C2c2ccc(C)o2)c1. The zero-order chi connectivity index (χ0) is 24.2. The van der Waals surface area contributed by atoms with Gasteiger partial charge < -0.3 is 19.0 Å². The molecule has 2 aromatic carbocycles. The number of aliphatic hydroxyl groups excluding tert-OH is 1. The lowest BCUT2D eigenvalue weighted by molar-refractivity contribution is -0.132. The number of nitrogens with zero attached hydrogens (tertiary/aromatic N) is 1. The van der Waals surface area contributed by atoms with E-state index < -0.39 is 17.7 Å². The lowest BCUT2D eigenvalue weighted by Gasteiger charge is -2.24. The van der Waals surface area contributed by atoms with E-state index in [1.165, 1.54) is 4.90 Å². The van der Waals surface area contributed by atoms with Gasteiger partial charge in [-0.15, -0.1) is 0 Å². The van der Waals surface area contributed by atoms with Crippen molar-refractivity contribution in [3.63, 3.8) is 0 Å². The van der Waals surface area contributed by atoms with Gasteiger partial charge in [0.05, 0.1) is 18.8 Å². The lowest BCUT2D eigenvalue weighted by Crippen LogP contribution is -2.29. The number of carbonyl (C=O) groups is 2. The van der Waals surface area contributed by atoms with Crippen LogP contribution in [0.25, 0.3) is 5.76 Å². The van der Waals surface area contributed by atoms with E-state index >= 15 is 0 Å². The summed E-state index contributed by atoms with van der Waals surface area (Å²) in [7, 11) is 0. The van der Waals surface area contributed by atoms with Crippen molar-refractivity contribution in [2.75, 3.05) is 18.1 Å². The van der Waals surface area contributed by atoms with Gasteiger partial charge in [-0.2, -0.15) is 0 Å². The van der Waals surface area contributed by atoms with Gasteiger partial charge in [-0.05, 0) is 56.7 Å². The van der Waals surface area contributed by atoms with Gasteiger partial charge in [0.1, 0.15) is 34.8 Å². The quantitative estimate of drug-likeness (QED) is 0.274. The third kappa shape index (κ3) is 4.41. The van der Waals surface area contributed by atoms with Crippen LogP contribution in [0.2, 0.25) is 0 Å². The van der Waals surface area contributed by atoms with Crippen LogP contribution in [-0.2, 0) is 9.59 Å². The topological polar surface area (TPSA) is 89.2 Å². The first-order valence-electron chi connectivity index (χ1n) is 11.3. The molecule has 0 spiro atoms. The zero-order valence-electron chi connectivity index (χ0n) is 19.4. The lowest BCUT2D eigenvalue weighted by atomic mass is 9.99. The maximum atomic E-state index is 13.2. The second-order valence-electron chi connectivity index (χ2n) is 7.92. The monoisotopic (exact) mass is 461 g/mol. The number of amides is 1. The maximum absolute atomic E-state index is 13.2. The van der Waals surface area contributed by atoms with Crippen molar-refractivity contribution in [1.82, 2.24) is 0 Å². The van der Waals surface area contributed by atoms with Gasteiger partial charge in [0.15, 0.2) is 0 Å². The standard InChI is InChI=1S/C27H27NO6/c1-4-14-33-20-10-6-8-18(15-20)25(29)23-24(22-13-12-17(3)34-22)28(27(31)26(23)30)19-9-7-11-21(16-19)32-5-2/h6-13,15-16,24,29H,4-5,14H2,1-3H3/b25-23-. The number of benzene rings is 2. The Bertz CT molecular complexity index is 1240. The van der Waals surface area contributed by atoms with Crippen molar-refractivity contribution in [3.8, 4) is 11.5 Å². The third-order valence-electron chi connectivity index (χ3n) is 5.46. The summed E-state index contributed by atoms with van der Waals surface area (Å²) in [6.45, 7) is 6.62. The molecular formula is C27H27NO6. The molecule has 1 aromatic heterocycles. The average molecular weight is 462 g/mol. The first-order valence-corrected chi connectivity index (χ1v) is 11.3. The minimum Gasteiger partial charge on any atom is -0.507 e. The smallest absolute Gasteiger partial charge is 0.300 e. The van der Waals surface area contributed by atoms with E-state index in [1.54, 1.807) is 67.6 Å². The highest BCUT2D eigenvalue weighted by Gasteiger charge is 2.48. The molecule has 0 saturated carbocycles. The van der Waals surface area contributed by atoms with Crippen molar-refractivity contribution in [2.24, 2.45) is 0 Å². The predicted octanol–water partition coefficient (Wildman–Crippen LogP) is 5.40. The number of aliphatic hydroxyl groups is 1. The number of rotatable bonds is 8. The number of ketones is 1. The number of carbonyl (C=O) groups excluding carboxylic acids is 2. The molecule has 0 bridgehead atoms. The molecule has 34 heavy (non-hydrogen) atoms. The molecule has 1 aliphatic rings. The molecule has 0 radical (unpaired) electrons. The Labute approximate surface area is 198 Å². The number of ether oxygens (including phenoxy) is 2. The molecule has 4 rings (SSSR count). The molecule has 1 amide bonds. The van der Waals surface area contributed by atoms with Crippen LogP contribution in [0, 0.1) is 6.92 Å². The van der Waals surface area contributed by atoms with E-state index in [0.29, 0.717) is 47.5 Å². The fraction of sp³-hybridized carbons (Fsp3) is 0.259.